The van der Waals surface area contributed by atoms with Crippen molar-refractivity contribution in [1.29, 1.82) is 0 Å². The van der Waals surface area contributed by atoms with Crippen LogP contribution in [0.1, 0.15) is 71.1 Å². The van der Waals surface area contributed by atoms with Gasteiger partial charge in [0.15, 0.2) is 0 Å². The first-order valence-electron chi connectivity index (χ1n) is 11.0. The molecule has 3 heterocycles. The van der Waals surface area contributed by atoms with Crippen molar-refractivity contribution < 1.29 is 14.4 Å². The summed E-state index contributed by atoms with van der Waals surface area (Å²) in [6.07, 6.45) is 8.88. The Morgan fingerprint density at radius 3 is 2.11 bits per heavy atom. The molecule has 0 aromatic heterocycles. The van der Waals surface area contributed by atoms with Crippen molar-refractivity contribution in [1.82, 2.24) is 14.7 Å². The monoisotopic (exact) mass is 377 g/mol. The topological polar surface area (TPSA) is 60.9 Å². The molecular weight excluding hydrogens is 342 g/mol. The zero-order chi connectivity index (χ0) is 19.2. The average Bonchev–Trinajstić information content (AvgIpc) is 3.23. The number of carbonyl (C=O) groups excluding carboxylic acids is 3. The summed E-state index contributed by atoms with van der Waals surface area (Å²) >= 11 is 0. The minimum atomic E-state index is -0.263. The highest BCUT2D eigenvalue weighted by atomic mass is 16.2. The van der Waals surface area contributed by atoms with E-state index in [1.54, 1.807) is 0 Å². The molecule has 152 valence electrons. The Balaban J connectivity index is 1.49. The van der Waals surface area contributed by atoms with Crippen LogP contribution in [0.3, 0.4) is 0 Å². The molecule has 3 aliphatic rings. The number of nitrogens with zero attached hydrogens (tertiary/aromatic N) is 3. The van der Waals surface area contributed by atoms with E-state index in [0.717, 1.165) is 84.1 Å². The maximum absolute atomic E-state index is 13.1. The lowest BCUT2D eigenvalue weighted by molar-refractivity contribution is -0.148. The van der Waals surface area contributed by atoms with Gasteiger partial charge in [0.05, 0.1) is 0 Å². The number of hydrogen-bond donors (Lipinski definition) is 0. The molecule has 3 rings (SSSR count). The minimum Gasteiger partial charge on any atom is -0.343 e. The largest absolute Gasteiger partial charge is 0.343 e. The molecule has 1 atom stereocenters. The Kier molecular flexibility index (Phi) is 7.13. The molecule has 0 aromatic rings. The summed E-state index contributed by atoms with van der Waals surface area (Å²) in [5.41, 5.74) is 0. The Labute approximate surface area is 163 Å². The summed E-state index contributed by atoms with van der Waals surface area (Å²) in [4.78, 5) is 43.6. The zero-order valence-corrected chi connectivity index (χ0v) is 16.8. The van der Waals surface area contributed by atoms with Gasteiger partial charge in [-0.1, -0.05) is 6.92 Å². The van der Waals surface area contributed by atoms with Gasteiger partial charge < -0.3 is 14.7 Å². The van der Waals surface area contributed by atoms with Gasteiger partial charge in [0.1, 0.15) is 6.04 Å². The first-order chi connectivity index (χ1) is 13.1. The number of amides is 3. The van der Waals surface area contributed by atoms with Crippen LogP contribution < -0.4 is 0 Å². The first kappa shape index (κ1) is 20.2. The van der Waals surface area contributed by atoms with Gasteiger partial charge in [-0.15, -0.1) is 0 Å². The molecule has 3 saturated heterocycles. The van der Waals surface area contributed by atoms with Crippen LogP contribution in [0.5, 0.6) is 0 Å². The van der Waals surface area contributed by atoms with Crippen molar-refractivity contribution in [3.8, 4) is 0 Å². The predicted molar refractivity (Wildman–Crippen MR) is 104 cm³/mol. The van der Waals surface area contributed by atoms with E-state index >= 15 is 0 Å². The molecule has 3 aliphatic heterocycles. The fraction of sp³-hybridized carbons (Fsp3) is 0.857. The number of likely N-dealkylation sites (tertiary alicyclic amines) is 3. The van der Waals surface area contributed by atoms with E-state index in [1.807, 2.05) is 21.6 Å². The molecule has 1 unspecified atom stereocenters. The molecular formula is C21H35N3O3. The van der Waals surface area contributed by atoms with Gasteiger partial charge in [-0.2, -0.15) is 0 Å². The van der Waals surface area contributed by atoms with Crippen LogP contribution in [-0.4, -0.2) is 71.2 Å². The van der Waals surface area contributed by atoms with E-state index in [2.05, 4.69) is 0 Å². The molecule has 0 radical (unpaired) electrons. The van der Waals surface area contributed by atoms with E-state index in [1.165, 1.54) is 0 Å². The van der Waals surface area contributed by atoms with E-state index in [4.69, 9.17) is 0 Å². The van der Waals surface area contributed by atoms with Gasteiger partial charge >= 0.3 is 0 Å². The van der Waals surface area contributed by atoms with Gasteiger partial charge in [-0.05, 0) is 57.3 Å². The second kappa shape index (κ2) is 9.56. The summed E-state index contributed by atoms with van der Waals surface area (Å²) in [6, 6.07) is -0.263. The molecule has 0 aliphatic carbocycles. The standard InChI is InChI=1S/C21H35N3O3/c1-2-7-19(25)24-13-4-3-8-18(24)21(27)23-14-9-17(10-15-23)16-20(26)22-11-5-6-12-22/h17-18H,2-16H2,1H3. The molecule has 0 saturated carbocycles. The van der Waals surface area contributed by atoms with Gasteiger partial charge in [0.2, 0.25) is 17.7 Å². The fourth-order valence-corrected chi connectivity index (χ4v) is 4.76. The molecule has 0 aromatic carbocycles. The number of carbonyl (C=O) groups is 3. The third-order valence-electron chi connectivity index (χ3n) is 6.42. The maximum atomic E-state index is 13.1. The molecule has 0 spiro atoms. The summed E-state index contributed by atoms with van der Waals surface area (Å²) in [5, 5.41) is 0. The molecule has 0 N–H and O–H groups in total. The first-order valence-corrected chi connectivity index (χ1v) is 11.0. The third-order valence-corrected chi connectivity index (χ3v) is 6.42. The van der Waals surface area contributed by atoms with Gasteiger partial charge in [-0.3, -0.25) is 14.4 Å². The van der Waals surface area contributed by atoms with Crippen molar-refractivity contribution in [2.45, 2.75) is 77.2 Å². The Morgan fingerprint density at radius 1 is 0.778 bits per heavy atom. The highest BCUT2D eigenvalue weighted by Gasteiger charge is 2.36. The SMILES string of the molecule is CCCC(=O)N1CCCCC1C(=O)N1CCC(CC(=O)N2CCCC2)CC1. The van der Waals surface area contributed by atoms with Crippen molar-refractivity contribution in [3.63, 3.8) is 0 Å². The van der Waals surface area contributed by atoms with Crippen LogP contribution in [0.25, 0.3) is 0 Å². The van der Waals surface area contributed by atoms with Crippen LogP contribution in [0, 0.1) is 5.92 Å². The summed E-state index contributed by atoms with van der Waals surface area (Å²) in [7, 11) is 0. The highest BCUT2D eigenvalue weighted by molar-refractivity contribution is 5.88. The summed E-state index contributed by atoms with van der Waals surface area (Å²) in [5.74, 6) is 0.942. The molecule has 0 bridgehead atoms. The highest BCUT2D eigenvalue weighted by Crippen LogP contribution is 2.26. The van der Waals surface area contributed by atoms with Gasteiger partial charge in [0.25, 0.3) is 0 Å². The molecule has 3 amide bonds. The van der Waals surface area contributed by atoms with Crippen LogP contribution >= 0.6 is 0 Å². The number of hydrogen-bond acceptors (Lipinski definition) is 3. The molecule has 6 heteroatoms. The predicted octanol–water partition coefficient (Wildman–Crippen LogP) is 2.42. The third kappa shape index (κ3) is 5.02. The van der Waals surface area contributed by atoms with E-state index < -0.39 is 0 Å². The van der Waals surface area contributed by atoms with E-state index in [-0.39, 0.29) is 17.9 Å². The quantitative estimate of drug-likeness (QED) is 0.739. The van der Waals surface area contributed by atoms with Crippen molar-refractivity contribution in [2.24, 2.45) is 5.92 Å². The maximum Gasteiger partial charge on any atom is 0.245 e. The molecule has 3 fully saturated rings. The van der Waals surface area contributed by atoms with Crippen molar-refractivity contribution in [2.75, 3.05) is 32.7 Å². The van der Waals surface area contributed by atoms with Crippen molar-refractivity contribution in [3.05, 3.63) is 0 Å². The van der Waals surface area contributed by atoms with Crippen LogP contribution in [0.2, 0.25) is 0 Å². The zero-order valence-electron chi connectivity index (χ0n) is 16.8. The number of piperidine rings is 2. The van der Waals surface area contributed by atoms with Crippen molar-refractivity contribution >= 4 is 17.7 Å². The van der Waals surface area contributed by atoms with Crippen LogP contribution in [-0.2, 0) is 14.4 Å². The fourth-order valence-electron chi connectivity index (χ4n) is 4.76. The Bertz CT molecular complexity index is 537. The van der Waals surface area contributed by atoms with Gasteiger partial charge in [0, 0.05) is 45.6 Å². The second-order valence-corrected chi connectivity index (χ2v) is 8.41. The number of rotatable bonds is 5. The molecule has 27 heavy (non-hydrogen) atoms. The van der Waals surface area contributed by atoms with Gasteiger partial charge in [-0.25, -0.2) is 0 Å². The second-order valence-electron chi connectivity index (χ2n) is 8.41. The van der Waals surface area contributed by atoms with Crippen LogP contribution in [0.15, 0.2) is 0 Å². The van der Waals surface area contributed by atoms with E-state index in [0.29, 0.717) is 24.7 Å². The normalized spacial score (nSPS) is 24.3. The van der Waals surface area contributed by atoms with E-state index in [9.17, 15) is 14.4 Å². The minimum absolute atomic E-state index is 0.127. The lowest BCUT2D eigenvalue weighted by atomic mass is 9.91. The smallest absolute Gasteiger partial charge is 0.245 e. The Morgan fingerprint density at radius 2 is 1.44 bits per heavy atom. The average molecular weight is 378 g/mol. The van der Waals surface area contributed by atoms with Crippen LogP contribution in [0.4, 0.5) is 0 Å². The lowest BCUT2D eigenvalue weighted by Gasteiger charge is -2.40. The summed E-state index contributed by atoms with van der Waals surface area (Å²) < 4.78 is 0. The lowest BCUT2D eigenvalue weighted by Crippen LogP contribution is -2.54. The summed E-state index contributed by atoms with van der Waals surface area (Å²) in [6.45, 7) is 6.01. The Hall–Kier alpha value is -1.59. The molecule has 6 nitrogen and oxygen atoms in total.